The predicted octanol–water partition coefficient (Wildman–Crippen LogP) is 2.94. The van der Waals surface area contributed by atoms with E-state index in [9.17, 15) is 13.2 Å². The second-order valence-electron chi connectivity index (χ2n) is 3.81. The Kier molecular flexibility index (Phi) is 1.72. The number of halogens is 3. The van der Waals surface area contributed by atoms with Crippen molar-refractivity contribution in [2.24, 2.45) is 10.2 Å². The third-order valence-electron chi connectivity index (χ3n) is 2.71. The lowest BCUT2D eigenvalue weighted by Crippen LogP contribution is -2.30. The van der Waals surface area contributed by atoms with Crippen molar-refractivity contribution < 1.29 is 17.9 Å². The minimum Gasteiger partial charge on any atom is -0.368 e. The van der Waals surface area contributed by atoms with Gasteiger partial charge in [-0.3, -0.25) is 0 Å². The van der Waals surface area contributed by atoms with Crippen molar-refractivity contribution >= 4 is 0 Å². The van der Waals surface area contributed by atoms with E-state index < -0.39 is 11.8 Å². The largest absolute Gasteiger partial charge is 0.442 e. The van der Waals surface area contributed by atoms with Crippen LogP contribution in [0.3, 0.4) is 0 Å². The summed E-state index contributed by atoms with van der Waals surface area (Å²) in [7, 11) is 0. The first-order chi connectivity index (χ1) is 7.53. The highest BCUT2D eigenvalue weighted by atomic mass is 19.4. The van der Waals surface area contributed by atoms with Gasteiger partial charge < -0.3 is 4.74 Å². The van der Waals surface area contributed by atoms with Crippen molar-refractivity contribution in [1.82, 2.24) is 0 Å². The average Bonchev–Trinajstić information content (AvgIpc) is 3.10. The van der Waals surface area contributed by atoms with Crippen LogP contribution in [0.4, 0.5) is 13.2 Å². The zero-order valence-electron chi connectivity index (χ0n) is 8.03. The number of benzene rings is 1. The third kappa shape index (κ3) is 1.33. The van der Waals surface area contributed by atoms with Crippen LogP contribution < -0.4 is 0 Å². The molecule has 3 rings (SSSR count). The maximum atomic E-state index is 12.6. The van der Waals surface area contributed by atoms with Gasteiger partial charge in [0.1, 0.15) is 6.10 Å². The van der Waals surface area contributed by atoms with Crippen molar-refractivity contribution in [3.63, 3.8) is 0 Å². The summed E-state index contributed by atoms with van der Waals surface area (Å²) in [4.78, 5) is 0. The van der Waals surface area contributed by atoms with E-state index in [0.29, 0.717) is 6.61 Å². The lowest BCUT2D eigenvalue weighted by atomic mass is 10.0. The number of nitrogens with zero attached hydrogens (tertiary/aromatic N) is 2. The fourth-order valence-corrected chi connectivity index (χ4v) is 1.61. The first kappa shape index (κ1) is 9.77. The summed E-state index contributed by atoms with van der Waals surface area (Å²) in [5.74, 6) is 0. The molecule has 0 N–H and O–H groups in total. The Morgan fingerprint density at radius 3 is 2.12 bits per heavy atom. The van der Waals surface area contributed by atoms with Gasteiger partial charge in [-0.25, -0.2) is 0 Å². The molecule has 84 valence electrons. The Hall–Kier alpha value is -1.43. The Morgan fingerprint density at radius 2 is 1.75 bits per heavy atom. The minimum absolute atomic E-state index is 0.0453. The van der Waals surface area contributed by atoms with Crippen LogP contribution in [-0.4, -0.2) is 12.8 Å². The van der Waals surface area contributed by atoms with Crippen molar-refractivity contribution in [1.29, 1.82) is 0 Å². The molecule has 2 heterocycles. The summed E-state index contributed by atoms with van der Waals surface area (Å²) in [5, 5.41) is 6.27. The van der Waals surface area contributed by atoms with Crippen LogP contribution in [0.1, 0.15) is 17.2 Å². The van der Waals surface area contributed by atoms with Gasteiger partial charge in [0.05, 0.1) is 6.61 Å². The molecule has 0 aliphatic carbocycles. The van der Waals surface area contributed by atoms with Gasteiger partial charge >= 0.3 is 11.8 Å². The van der Waals surface area contributed by atoms with E-state index in [2.05, 4.69) is 10.2 Å². The van der Waals surface area contributed by atoms with Crippen LogP contribution in [-0.2, 0) is 10.4 Å². The molecule has 0 radical (unpaired) electrons. The fourth-order valence-electron chi connectivity index (χ4n) is 1.61. The summed E-state index contributed by atoms with van der Waals surface area (Å²) in [6, 6.07) is 6.07. The molecule has 2 aliphatic rings. The van der Waals surface area contributed by atoms with Gasteiger partial charge in [0.2, 0.25) is 0 Å². The molecule has 1 aromatic carbocycles. The Balaban J connectivity index is 1.90. The van der Waals surface area contributed by atoms with Gasteiger partial charge in [-0.2, -0.15) is 13.2 Å². The van der Waals surface area contributed by atoms with E-state index in [-0.39, 0.29) is 11.7 Å². The maximum absolute atomic E-state index is 12.6. The normalized spacial score (nSPS) is 25.6. The van der Waals surface area contributed by atoms with Gasteiger partial charge in [-0.05, 0) is 5.56 Å². The molecule has 1 atom stereocenters. The second kappa shape index (κ2) is 2.82. The highest BCUT2D eigenvalue weighted by Crippen LogP contribution is 2.52. The second-order valence-corrected chi connectivity index (χ2v) is 3.81. The monoisotopic (exact) mass is 228 g/mol. The molecule has 16 heavy (non-hydrogen) atoms. The third-order valence-corrected chi connectivity index (χ3v) is 2.71. The molecule has 1 aromatic rings. The molecule has 0 aromatic heterocycles. The molecule has 0 bridgehead atoms. The molecule has 2 aliphatic heterocycles. The van der Waals surface area contributed by atoms with E-state index in [1.54, 1.807) is 12.1 Å². The van der Waals surface area contributed by atoms with Crippen LogP contribution in [0.25, 0.3) is 0 Å². The topological polar surface area (TPSA) is 37.2 Å². The fraction of sp³-hybridized carbons (Fsp3) is 0.400. The first-order valence-electron chi connectivity index (χ1n) is 4.76. The molecule has 1 fully saturated rings. The molecule has 6 heteroatoms. The maximum Gasteiger partial charge on any atom is 0.442 e. The number of alkyl halides is 3. The lowest BCUT2D eigenvalue weighted by molar-refractivity contribution is -0.166. The number of hydrogen-bond acceptors (Lipinski definition) is 3. The lowest BCUT2D eigenvalue weighted by Gasteiger charge is -2.14. The highest BCUT2D eigenvalue weighted by molar-refractivity contribution is 5.34. The van der Waals surface area contributed by atoms with Gasteiger partial charge in [-0.1, -0.05) is 24.3 Å². The Bertz CT molecular complexity index is 442. The molecule has 1 unspecified atom stereocenters. The summed E-state index contributed by atoms with van der Waals surface area (Å²) in [6.45, 7) is 0.637. The number of hydrogen-bond donors (Lipinski definition) is 0. The highest BCUT2D eigenvalue weighted by Gasteiger charge is 2.65. The number of ether oxygens (including phenoxy) is 1. The van der Waals surface area contributed by atoms with Gasteiger partial charge in [-0.15, -0.1) is 10.2 Å². The van der Waals surface area contributed by atoms with Crippen LogP contribution in [0.5, 0.6) is 0 Å². The molecule has 1 saturated heterocycles. The van der Waals surface area contributed by atoms with E-state index in [0.717, 1.165) is 5.56 Å². The van der Waals surface area contributed by atoms with Crippen molar-refractivity contribution in [3.05, 3.63) is 35.4 Å². The molecule has 0 amide bonds. The molecule has 0 spiro atoms. The van der Waals surface area contributed by atoms with Crippen molar-refractivity contribution in [2.75, 3.05) is 6.61 Å². The zero-order valence-corrected chi connectivity index (χ0v) is 8.03. The number of rotatable bonds is 2. The summed E-state index contributed by atoms with van der Waals surface area (Å²) in [6.07, 6.45) is -4.41. The van der Waals surface area contributed by atoms with E-state index >= 15 is 0 Å². The van der Waals surface area contributed by atoms with Crippen LogP contribution in [0.2, 0.25) is 0 Å². The molecule has 0 saturated carbocycles. The summed E-state index contributed by atoms with van der Waals surface area (Å²) < 4.78 is 43.0. The van der Waals surface area contributed by atoms with Crippen LogP contribution >= 0.6 is 0 Å². The minimum atomic E-state index is -4.45. The number of epoxide rings is 1. The van der Waals surface area contributed by atoms with Crippen LogP contribution in [0.15, 0.2) is 34.5 Å². The zero-order chi connectivity index (χ0) is 11.4. The van der Waals surface area contributed by atoms with Gasteiger partial charge in [0.25, 0.3) is 0 Å². The average molecular weight is 228 g/mol. The van der Waals surface area contributed by atoms with Gasteiger partial charge in [0, 0.05) is 5.56 Å². The Morgan fingerprint density at radius 1 is 1.19 bits per heavy atom. The Labute approximate surface area is 88.9 Å². The summed E-state index contributed by atoms with van der Waals surface area (Å²) >= 11 is 0. The van der Waals surface area contributed by atoms with Crippen molar-refractivity contribution in [2.45, 2.75) is 17.9 Å². The predicted molar refractivity (Wildman–Crippen MR) is 47.7 cm³/mol. The van der Waals surface area contributed by atoms with Crippen LogP contribution in [0, 0.1) is 0 Å². The standard InChI is InChI=1S/C10H7F3N2O/c11-10(12,13)9(14-15-9)7-3-1-6(2-4-7)8-5-16-8/h1-4,8H,5H2. The smallest absolute Gasteiger partial charge is 0.368 e. The van der Waals surface area contributed by atoms with E-state index in [1.165, 1.54) is 12.1 Å². The van der Waals surface area contributed by atoms with E-state index in [1.807, 2.05) is 0 Å². The molecule has 3 nitrogen and oxygen atoms in total. The molecular weight excluding hydrogens is 221 g/mol. The quantitative estimate of drug-likeness (QED) is 0.717. The van der Waals surface area contributed by atoms with Gasteiger partial charge in [0.15, 0.2) is 0 Å². The first-order valence-corrected chi connectivity index (χ1v) is 4.76. The van der Waals surface area contributed by atoms with Crippen molar-refractivity contribution in [3.8, 4) is 0 Å². The molecular formula is C10H7F3N2O. The SMILES string of the molecule is FC(F)(F)C1(c2ccc(C3CO3)cc2)N=N1. The van der Waals surface area contributed by atoms with E-state index in [4.69, 9.17) is 4.74 Å². The summed E-state index contributed by atoms with van der Waals surface area (Å²) in [5.41, 5.74) is -1.36.